The molecule has 11 nitrogen and oxygen atoms in total. The first-order chi connectivity index (χ1) is 19.2. The number of carbonyl (C=O) groups is 1. The molecule has 0 saturated heterocycles. The maximum Gasteiger partial charge on any atom is 0.407 e. The SMILES string of the molecule is C/C=C\c1nc(N)c2ncn(CCCCOC(=O)NC[C@H]3C=CC(S(=O)(=O)NCc4ccc(Cl)cc4)=CC3)c2n1. The number of halogens is 1. The van der Waals surface area contributed by atoms with Crippen molar-refractivity contribution in [2.75, 3.05) is 18.9 Å². The van der Waals surface area contributed by atoms with Crippen LogP contribution in [0.4, 0.5) is 10.6 Å². The number of fused-ring (bicyclic) bond motifs is 1. The highest BCUT2D eigenvalue weighted by atomic mass is 35.5. The van der Waals surface area contributed by atoms with Crippen molar-refractivity contribution in [3.63, 3.8) is 0 Å². The molecule has 1 aromatic carbocycles. The van der Waals surface area contributed by atoms with Gasteiger partial charge < -0.3 is 20.4 Å². The zero-order valence-electron chi connectivity index (χ0n) is 22.1. The molecule has 2 aromatic heterocycles. The van der Waals surface area contributed by atoms with E-state index in [-0.39, 0.29) is 24.0 Å². The third-order valence-corrected chi connectivity index (χ3v) is 7.90. The molecule has 0 unspecified atom stereocenters. The second-order valence-corrected chi connectivity index (χ2v) is 11.4. The van der Waals surface area contributed by atoms with Crippen LogP contribution in [-0.2, 0) is 27.8 Å². The maximum atomic E-state index is 12.6. The summed E-state index contributed by atoms with van der Waals surface area (Å²) in [5.74, 6) is 0.837. The van der Waals surface area contributed by atoms with Crippen LogP contribution in [-0.4, -0.2) is 47.2 Å². The van der Waals surface area contributed by atoms with Crippen LogP contribution in [0.15, 0.2) is 59.8 Å². The van der Waals surface area contributed by atoms with Gasteiger partial charge in [-0.05, 0) is 62.0 Å². The fourth-order valence-corrected chi connectivity index (χ4v) is 5.27. The summed E-state index contributed by atoms with van der Waals surface area (Å²) in [6.45, 7) is 3.30. The largest absolute Gasteiger partial charge is 0.450 e. The summed E-state index contributed by atoms with van der Waals surface area (Å²) in [6, 6.07) is 6.96. The molecule has 1 atom stereocenters. The number of hydrogen-bond donors (Lipinski definition) is 3. The summed E-state index contributed by atoms with van der Waals surface area (Å²) in [7, 11) is -3.64. The van der Waals surface area contributed by atoms with Crippen molar-refractivity contribution in [2.45, 2.75) is 39.3 Å². The number of allylic oxidation sites excluding steroid dienone is 3. The van der Waals surface area contributed by atoms with E-state index < -0.39 is 16.1 Å². The van der Waals surface area contributed by atoms with E-state index in [9.17, 15) is 13.2 Å². The Kier molecular flexibility index (Phi) is 9.91. The van der Waals surface area contributed by atoms with Crippen LogP contribution in [0.3, 0.4) is 0 Å². The second-order valence-electron chi connectivity index (χ2n) is 9.21. The number of sulfonamides is 1. The van der Waals surface area contributed by atoms with Crippen LogP contribution in [0.1, 0.15) is 37.6 Å². The lowest BCUT2D eigenvalue weighted by atomic mass is 10.0. The Bertz CT molecular complexity index is 1530. The minimum Gasteiger partial charge on any atom is -0.450 e. The average molecular weight is 586 g/mol. The number of anilines is 1. The number of rotatable bonds is 12. The fourth-order valence-electron chi connectivity index (χ4n) is 4.05. The third-order valence-electron chi connectivity index (χ3n) is 6.20. The molecule has 0 fully saturated rings. The van der Waals surface area contributed by atoms with E-state index in [4.69, 9.17) is 22.1 Å². The molecule has 0 spiro atoms. The van der Waals surface area contributed by atoms with Gasteiger partial charge in [0.1, 0.15) is 5.52 Å². The lowest BCUT2D eigenvalue weighted by Crippen LogP contribution is -2.30. The first-order valence-electron chi connectivity index (χ1n) is 12.9. The summed E-state index contributed by atoms with van der Waals surface area (Å²) in [6.07, 6.45) is 11.7. The zero-order valence-corrected chi connectivity index (χ0v) is 23.7. The number of alkyl carbamates (subject to hydrolysis) is 1. The fraction of sp³-hybridized carbons (Fsp3) is 0.333. The van der Waals surface area contributed by atoms with Gasteiger partial charge in [0.2, 0.25) is 10.0 Å². The Labute approximate surface area is 238 Å². The first-order valence-corrected chi connectivity index (χ1v) is 14.8. The molecule has 212 valence electrons. The highest BCUT2D eigenvalue weighted by molar-refractivity contribution is 7.93. The van der Waals surface area contributed by atoms with E-state index in [1.54, 1.807) is 54.9 Å². The predicted octanol–water partition coefficient (Wildman–Crippen LogP) is 4.18. The van der Waals surface area contributed by atoms with Crippen molar-refractivity contribution in [3.8, 4) is 0 Å². The number of imidazole rings is 1. The molecule has 0 radical (unpaired) electrons. The van der Waals surface area contributed by atoms with Crippen LogP contribution >= 0.6 is 11.6 Å². The van der Waals surface area contributed by atoms with Crippen LogP contribution in [0.5, 0.6) is 0 Å². The minimum atomic E-state index is -3.64. The molecule has 4 rings (SSSR count). The monoisotopic (exact) mass is 585 g/mol. The van der Waals surface area contributed by atoms with E-state index >= 15 is 0 Å². The van der Waals surface area contributed by atoms with Gasteiger partial charge in [0.25, 0.3) is 0 Å². The number of aryl methyl sites for hydroxylation is 1. The summed E-state index contributed by atoms with van der Waals surface area (Å²) >= 11 is 5.87. The number of benzene rings is 1. The minimum absolute atomic E-state index is 0.0286. The Balaban J connectivity index is 1.14. The molecule has 0 bridgehead atoms. The molecule has 2 heterocycles. The highest BCUT2D eigenvalue weighted by Gasteiger charge is 2.19. The summed E-state index contributed by atoms with van der Waals surface area (Å²) in [5, 5.41) is 3.33. The number of amides is 1. The number of nitrogens with zero attached hydrogens (tertiary/aromatic N) is 4. The van der Waals surface area contributed by atoms with Crippen molar-refractivity contribution in [1.82, 2.24) is 29.6 Å². The summed E-state index contributed by atoms with van der Waals surface area (Å²) in [4.78, 5) is 25.3. The number of unbranched alkanes of at least 4 members (excludes halogenated alkanes) is 1. The molecule has 3 aromatic rings. The van der Waals surface area contributed by atoms with Crippen LogP contribution < -0.4 is 15.8 Å². The van der Waals surface area contributed by atoms with Gasteiger partial charge in [-0.25, -0.2) is 32.9 Å². The molecule has 13 heteroatoms. The Morgan fingerprint density at radius 2 is 2.05 bits per heavy atom. The Morgan fingerprint density at radius 3 is 2.77 bits per heavy atom. The number of nitrogens with one attached hydrogen (secondary N) is 2. The number of nitrogen functional groups attached to an aromatic ring is 1. The molecule has 1 aliphatic rings. The van der Waals surface area contributed by atoms with Gasteiger partial charge >= 0.3 is 6.09 Å². The molecule has 4 N–H and O–H groups in total. The molecule has 1 aliphatic carbocycles. The molecule has 0 aliphatic heterocycles. The van der Waals surface area contributed by atoms with Gasteiger partial charge in [0, 0.05) is 24.7 Å². The van der Waals surface area contributed by atoms with E-state index in [0.717, 1.165) is 12.0 Å². The Hall–Kier alpha value is -3.74. The quantitative estimate of drug-likeness (QED) is 0.267. The number of aromatic nitrogens is 4. The van der Waals surface area contributed by atoms with E-state index in [1.807, 2.05) is 17.6 Å². The zero-order chi connectivity index (χ0) is 28.5. The van der Waals surface area contributed by atoms with Gasteiger partial charge in [-0.3, -0.25) is 0 Å². The third kappa shape index (κ3) is 7.90. The van der Waals surface area contributed by atoms with Crippen LogP contribution in [0, 0.1) is 5.92 Å². The molecule has 0 saturated carbocycles. The van der Waals surface area contributed by atoms with Gasteiger partial charge in [-0.1, -0.05) is 42.0 Å². The van der Waals surface area contributed by atoms with Gasteiger partial charge in [0.15, 0.2) is 17.3 Å². The lowest BCUT2D eigenvalue weighted by molar-refractivity contribution is 0.142. The van der Waals surface area contributed by atoms with E-state index in [0.29, 0.717) is 53.8 Å². The predicted molar refractivity (Wildman–Crippen MR) is 156 cm³/mol. The molecular formula is C27H32ClN7O4S. The van der Waals surface area contributed by atoms with Crippen molar-refractivity contribution < 1.29 is 17.9 Å². The number of nitrogens with two attached hydrogens (primary N) is 1. The van der Waals surface area contributed by atoms with Crippen molar-refractivity contribution in [1.29, 1.82) is 0 Å². The van der Waals surface area contributed by atoms with Gasteiger partial charge in [0.05, 0.1) is 17.8 Å². The standard InChI is InChI=1S/C27H32ClN7O4S/c1-2-5-23-33-25(29)24-26(34-23)35(18-31-24)14-3-4-15-39-27(36)30-16-19-8-12-22(13-9-19)40(37,38)32-17-20-6-10-21(28)11-7-20/h2,5-8,10-13,18-19,32H,3-4,9,14-17H2,1H3,(H,30,36)(H2,29,33,34)/b5-2-/t19-/m0/s1. The highest BCUT2D eigenvalue weighted by Crippen LogP contribution is 2.20. The molecular weight excluding hydrogens is 554 g/mol. The summed E-state index contributed by atoms with van der Waals surface area (Å²) < 4.78 is 35.0. The summed E-state index contributed by atoms with van der Waals surface area (Å²) in [5.41, 5.74) is 8.03. The number of hydrogen-bond acceptors (Lipinski definition) is 8. The normalized spacial score (nSPS) is 15.4. The van der Waals surface area contributed by atoms with Crippen molar-refractivity contribution in [2.24, 2.45) is 5.92 Å². The number of carbonyl (C=O) groups excluding carboxylic acids is 1. The topological polar surface area (TPSA) is 154 Å². The molecule has 40 heavy (non-hydrogen) atoms. The van der Waals surface area contributed by atoms with Crippen molar-refractivity contribution >= 4 is 50.8 Å². The first kappa shape index (κ1) is 29.2. The second kappa shape index (κ2) is 13.6. The maximum absolute atomic E-state index is 12.6. The molecule has 1 amide bonds. The van der Waals surface area contributed by atoms with Gasteiger partial charge in [-0.15, -0.1) is 0 Å². The van der Waals surface area contributed by atoms with Crippen molar-refractivity contribution in [3.05, 3.63) is 76.2 Å². The smallest absolute Gasteiger partial charge is 0.407 e. The van der Waals surface area contributed by atoms with Gasteiger partial charge in [-0.2, -0.15) is 0 Å². The Morgan fingerprint density at radius 1 is 1.25 bits per heavy atom. The van der Waals surface area contributed by atoms with Crippen LogP contribution in [0.2, 0.25) is 5.02 Å². The van der Waals surface area contributed by atoms with E-state index in [2.05, 4.69) is 25.0 Å². The van der Waals surface area contributed by atoms with E-state index in [1.165, 1.54) is 0 Å². The lowest BCUT2D eigenvalue weighted by Gasteiger charge is -2.17. The van der Waals surface area contributed by atoms with Crippen LogP contribution in [0.25, 0.3) is 17.2 Å². The average Bonchev–Trinajstić information content (AvgIpc) is 3.35. The number of ether oxygens (including phenoxy) is 1.